The summed E-state index contributed by atoms with van der Waals surface area (Å²) in [7, 11) is 0. The van der Waals surface area contributed by atoms with E-state index in [0.717, 1.165) is 34.1 Å². The van der Waals surface area contributed by atoms with Crippen molar-refractivity contribution in [1.82, 2.24) is 24.1 Å². The van der Waals surface area contributed by atoms with E-state index in [1.165, 1.54) is 29.9 Å². The van der Waals surface area contributed by atoms with Gasteiger partial charge in [-0.1, -0.05) is 30.3 Å². The summed E-state index contributed by atoms with van der Waals surface area (Å²) in [6.45, 7) is 2.98. The predicted molar refractivity (Wildman–Crippen MR) is 91.0 cm³/mol. The van der Waals surface area contributed by atoms with Crippen molar-refractivity contribution in [3.05, 3.63) is 47.5 Å². The zero-order valence-electron chi connectivity index (χ0n) is 12.8. The van der Waals surface area contributed by atoms with Crippen molar-refractivity contribution < 1.29 is 0 Å². The van der Waals surface area contributed by atoms with Gasteiger partial charge in [0.15, 0.2) is 9.50 Å². The highest BCUT2D eigenvalue weighted by atomic mass is 32.2. The fourth-order valence-electron chi connectivity index (χ4n) is 2.47. The molecule has 1 aliphatic rings. The minimum atomic E-state index is 0.596. The van der Waals surface area contributed by atoms with Gasteiger partial charge in [0.25, 0.3) is 0 Å². The van der Waals surface area contributed by atoms with E-state index >= 15 is 0 Å². The average molecular weight is 343 g/mol. The number of hydrogen-bond donors (Lipinski definition) is 0. The third-order valence-electron chi connectivity index (χ3n) is 3.86. The first-order valence-electron chi connectivity index (χ1n) is 7.81. The van der Waals surface area contributed by atoms with Crippen LogP contribution in [-0.2, 0) is 13.0 Å². The highest BCUT2D eigenvalue weighted by Gasteiger charge is 2.28. The van der Waals surface area contributed by atoms with Crippen LogP contribution in [0.5, 0.6) is 0 Å². The lowest BCUT2D eigenvalue weighted by Crippen LogP contribution is -2.04. The molecule has 0 aliphatic heterocycles. The summed E-state index contributed by atoms with van der Waals surface area (Å²) in [6.07, 6.45) is 3.26. The van der Waals surface area contributed by atoms with Gasteiger partial charge in [0.05, 0.1) is 0 Å². The standard InChI is InChI=1S/C16H17N5S2/c1-2-21-13(10-11-6-4-3-5-7-11)18-19-15(21)22-16-17-14(20-23-16)12-8-9-12/h3-7,12H,2,8-10H2,1H3. The fourth-order valence-corrected chi connectivity index (χ4v) is 4.17. The molecule has 5 nitrogen and oxygen atoms in total. The van der Waals surface area contributed by atoms with Gasteiger partial charge in [0, 0.05) is 18.9 Å². The molecule has 0 radical (unpaired) electrons. The molecule has 0 bridgehead atoms. The molecule has 1 fully saturated rings. The number of hydrogen-bond acceptors (Lipinski definition) is 6. The van der Waals surface area contributed by atoms with E-state index < -0.39 is 0 Å². The predicted octanol–water partition coefficient (Wildman–Crippen LogP) is 3.77. The van der Waals surface area contributed by atoms with Gasteiger partial charge in [-0.15, -0.1) is 10.2 Å². The quantitative estimate of drug-likeness (QED) is 0.682. The lowest BCUT2D eigenvalue weighted by Gasteiger charge is -2.06. The van der Waals surface area contributed by atoms with Crippen LogP contribution < -0.4 is 0 Å². The number of rotatable bonds is 6. The van der Waals surface area contributed by atoms with Crippen molar-refractivity contribution in [2.45, 2.75) is 48.1 Å². The molecule has 0 unspecified atom stereocenters. The number of nitrogens with zero attached hydrogens (tertiary/aromatic N) is 5. The number of aromatic nitrogens is 5. The average Bonchev–Trinajstić information content (AvgIpc) is 3.21. The molecular formula is C16H17N5S2. The molecule has 1 aliphatic carbocycles. The van der Waals surface area contributed by atoms with E-state index in [1.54, 1.807) is 11.8 Å². The molecule has 2 aromatic heterocycles. The molecule has 0 amide bonds. The van der Waals surface area contributed by atoms with Crippen molar-refractivity contribution >= 4 is 23.3 Å². The Morgan fingerprint density at radius 1 is 1.22 bits per heavy atom. The molecule has 23 heavy (non-hydrogen) atoms. The Morgan fingerprint density at radius 3 is 2.78 bits per heavy atom. The first-order valence-corrected chi connectivity index (χ1v) is 9.40. The van der Waals surface area contributed by atoms with E-state index in [0.29, 0.717) is 5.92 Å². The highest BCUT2D eigenvalue weighted by molar-refractivity contribution is 8.00. The van der Waals surface area contributed by atoms with Gasteiger partial charge < -0.3 is 4.57 Å². The molecule has 7 heteroatoms. The van der Waals surface area contributed by atoms with Gasteiger partial charge in [0.1, 0.15) is 11.6 Å². The SMILES string of the molecule is CCn1c(Cc2ccccc2)nnc1Sc1nc(C2CC2)ns1. The Labute approximate surface area is 143 Å². The zero-order chi connectivity index (χ0) is 15.6. The van der Waals surface area contributed by atoms with Crippen molar-refractivity contribution in [3.63, 3.8) is 0 Å². The highest BCUT2D eigenvalue weighted by Crippen LogP contribution is 2.40. The minimum Gasteiger partial charge on any atom is -0.306 e. The monoisotopic (exact) mass is 343 g/mol. The largest absolute Gasteiger partial charge is 0.306 e. The van der Waals surface area contributed by atoms with Gasteiger partial charge >= 0.3 is 0 Å². The molecule has 1 aromatic carbocycles. The maximum atomic E-state index is 4.63. The van der Waals surface area contributed by atoms with Gasteiger partial charge in [-0.2, -0.15) is 4.37 Å². The summed E-state index contributed by atoms with van der Waals surface area (Å²) < 4.78 is 7.58. The Balaban J connectivity index is 1.54. The molecule has 0 atom stereocenters. The van der Waals surface area contributed by atoms with Crippen LogP contribution in [0.25, 0.3) is 0 Å². The Hall–Kier alpha value is -1.73. The fraction of sp³-hybridized carbons (Fsp3) is 0.375. The summed E-state index contributed by atoms with van der Waals surface area (Å²) in [6, 6.07) is 10.4. The lowest BCUT2D eigenvalue weighted by molar-refractivity contribution is 0.651. The minimum absolute atomic E-state index is 0.596. The van der Waals surface area contributed by atoms with Gasteiger partial charge in [-0.25, -0.2) is 4.98 Å². The first kappa shape index (κ1) is 14.8. The van der Waals surface area contributed by atoms with Crippen molar-refractivity contribution in [2.24, 2.45) is 0 Å². The van der Waals surface area contributed by atoms with Crippen LogP contribution in [0.4, 0.5) is 0 Å². The Kier molecular flexibility index (Phi) is 4.13. The van der Waals surface area contributed by atoms with Crippen LogP contribution in [0.2, 0.25) is 0 Å². The molecule has 118 valence electrons. The van der Waals surface area contributed by atoms with Crippen LogP contribution in [0.3, 0.4) is 0 Å². The van der Waals surface area contributed by atoms with E-state index in [9.17, 15) is 0 Å². The summed E-state index contributed by atoms with van der Waals surface area (Å²) in [4.78, 5) is 4.63. The Bertz CT molecular complexity index is 792. The van der Waals surface area contributed by atoms with Crippen LogP contribution in [0, 0.1) is 0 Å². The second kappa shape index (κ2) is 6.41. The van der Waals surface area contributed by atoms with Gasteiger partial charge in [-0.05, 0) is 48.6 Å². The van der Waals surface area contributed by atoms with Crippen molar-refractivity contribution in [1.29, 1.82) is 0 Å². The number of benzene rings is 1. The van der Waals surface area contributed by atoms with Gasteiger partial charge in [-0.3, -0.25) is 0 Å². The smallest absolute Gasteiger partial charge is 0.198 e. The molecule has 3 aromatic rings. The molecule has 0 saturated heterocycles. The second-order valence-electron chi connectivity index (χ2n) is 5.60. The van der Waals surface area contributed by atoms with Crippen LogP contribution >= 0.6 is 23.3 Å². The molecular weight excluding hydrogens is 326 g/mol. The molecule has 0 N–H and O–H groups in total. The Morgan fingerprint density at radius 2 is 2.04 bits per heavy atom. The van der Waals surface area contributed by atoms with Crippen molar-refractivity contribution in [2.75, 3.05) is 0 Å². The summed E-state index contributed by atoms with van der Waals surface area (Å²) in [5.41, 5.74) is 1.25. The summed E-state index contributed by atoms with van der Waals surface area (Å²) in [5, 5.41) is 9.64. The van der Waals surface area contributed by atoms with Gasteiger partial charge in [0.2, 0.25) is 0 Å². The van der Waals surface area contributed by atoms with E-state index in [4.69, 9.17) is 0 Å². The maximum absolute atomic E-state index is 4.63. The van der Waals surface area contributed by atoms with E-state index in [1.807, 2.05) is 6.07 Å². The van der Waals surface area contributed by atoms with E-state index in [-0.39, 0.29) is 0 Å². The lowest BCUT2D eigenvalue weighted by atomic mass is 10.1. The van der Waals surface area contributed by atoms with Crippen LogP contribution in [0.1, 0.15) is 42.9 Å². The summed E-state index contributed by atoms with van der Waals surface area (Å²) in [5.74, 6) is 2.59. The molecule has 4 rings (SSSR count). The van der Waals surface area contributed by atoms with Crippen LogP contribution in [0.15, 0.2) is 39.8 Å². The molecule has 1 saturated carbocycles. The molecule has 0 spiro atoms. The third kappa shape index (κ3) is 3.30. The summed E-state index contributed by atoms with van der Waals surface area (Å²) >= 11 is 3.04. The van der Waals surface area contributed by atoms with E-state index in [2.05, 4.69) is 55.3 Å². The van der Waals surface area contributed by atoms with Crippen LogP contribution in [-0.4, -0.2) is 24.1 Å². The maximum Gasteiger partial charge on any atom is 0.198 e. The first-order chi connectivity index (χ1) is 11.3. The zero-order valence-corrected chi connectivity index (χ0v) is 14.5. The third-order valence-corrected chi connectivity index (χ3v) is 5.61. The normalized spacial score (nSPS) is 14.3. The molecule has 2 heterocycles. The van der Waals surface area contributed by atoms with Crippen molar-refractivity contribution in [3.8, 4) is 0 Å². The second-order valence-corrected chi connectivity index (χ2v) is 7.57. The topological polar surface area (TPSA) is 56.5 Å².